The number of hydrogen-bond donors (Lipinski definition) is 1. The molecule has 2 aromatic carbocycles. The highest BCUT2D eigenvalue weighted by atomic mass is 35.5. The van der Waals surface area contributed by atoms with E-state index >= 15 is 0 Å². The molecule has 9 heteroatoms. The number of carboxylic acid groups (broad SMARTS) is 1. The van der Waals surface area contributed by atoms with Crippen molar-refractivity contribution in [1.29, 1.82) is 0 Å². The second-order valence-corrected chi connectivity index (χ2v) is 8.91. The van der Waals surface area contributed by atoms with Crippen LogP contribution < -0.4 is 10.3 Å². The number of aromatic nitrogens is 2. The van der Waals surface area contributed by atoms with Gasteiger partial charge in [0.2, 0.25) is 0 Å². The first kappa shape index (κ1) is 23.3. The zero-order valence-corrected chi connectivity index (χ0v) is 19.5. The molecule has 1 atom stereocenters. The van der Waals surface area contributed by atoms with Gasteiger partial charge in [-0.1, -0.05) is 54.6 Å². The average molecular weight is 488 g/mol. The number of aliphatic carboxylic acids is 1. The molecule has 1 saturated carbocycles. The zero-order valence-electron chi connectivity index (χ0n) is 18.0. The summed E-state index contributed by atoms with van der Waals surface area (Å²) in [6.45, 7) is 1.39. The molecule has 7 nitrogen and oxygen atoms in total. The number of hydrogen-bond acceptors (Lipinski definition) is 5. The van der Waals surface area contributed by atoms with Crippen molar-refractivity contribution in [2.45, 2.75) is 51.0 Å². The van der Waals surface area contributed by atoms with E-state index in [1.807, 2.05) is 12.1 Å². The van der Waals surface area contributed by atoms with Crippen LogP contribution in [0.1, 0.15) is 56.3 Å². The van der Waals surface area contributed by atoms with E-state index in [1.165, 1.54) is 24.2 Å². The fourth-order valence-electron chi connectivity index (χ4n) is 4.00. The van der Waals surface area contributed by atoms with Crippen LogP contribution in [0.15, 0.2) is 46.3 Å². The fraction of sp³-hybridized carbons (Fsp3) is 0.333. The minimum Gasteiger partial charge on any atom is -0.479 e. The summed E-state index contributed by atoms with van der Waals surface area (Å²) in [6, 6.07) is 10.4. The van der Waals surface area contributed by atoms with Gasteiger partial charge in [-0.2, -0.15) is 9.78 Å². The second-order valence-electron chi connectivity index (χ2n) is 8.10. The molecule has 0 amide bonds. The molecule has 0 bridgehead atoms. The Kier molecular flexibility index (Phi) is 7.00. The molecule has 1 aliphatic rings. The highest BCUT2D eigenvalue weighted by Gasteiger charge is 2.22. The fourth-order valence-corrected chi connectivity index (χ4v) is 4.59. The summed E-state index contributed by atoms with van der Waals surface area (Å²) in [5.74, 6) is -0.236. The lowest BCUT2D eigenvalue weighted by Crippen LogP contribution is -2.25. The van der Waals surface area contributed by atoms with Crippen molar-refractivity contribution in [1.82, 2.24) is 9.66 Å². The first-order chi connectivity index (χ1) is 15.8. The number of rotatable bonds is 6. The smallest absolute Gasteiger partial charge is 0.344 e. The SMILES string of the molecule is C[C@@H](Oc1c(Cl)cc(C=Nn2c(C3CCCCC3)nc3ccccc3c2=O)cc1Cl)C(=O)O. The van der Waals surface area contributed by atoms with Gasteiger partial charge in [0.1, 0.15) is 5.82 Å². The van der Waals surface area contributed by atoms with Crippen LogP contribution in [0.5, 0.6) is 5.75 Å². The number of benzene rings is 2. The van der Waals surface area contributed by atoms with Crippen molar-refractivity contribution in [2.24, 2.45) is 5.10 Å². The summed E-state index contributed by atoms with van der Waals surface area (Å²) in [6.07, 6.45) is 5.68. The molecule has 0 spiro atoms. The summed E-state index contributed by atoms with van der Waals surface area (Å²) in [4.78, 5) is 29.1. The maximum atomic E-state index is 13.3. The summed E-state index contributed by atoms with van der Waals surface area (Å²) in [7, 11) is 0. The number of halogens is 2. The van der Waals surface area contributed by atoms with Crippen molar-refractivity contribution in [2.75, 3.05) is 0 Å². The molecule has 0 radical (unpaired) electrons. The van der Waals surface area contributed by atoms with Gasteiger partial charge in [0.15, 0.2) is 11.9 Å². The number of carboxylic acids is 1. The van der Waals surface area contributed by atoms with Crippen molar-refractivity contribution in [3.8, 4) is 5.75 Å². The summed E-state index contributed by atoms with van der Waals surface area (Å²) >= 11 is 12.6. The standard InChI is InChI=1S/C24H23Cl2N3O4/c1-14(24(31)32)33-21-18(25)11-15(12-19(21)26)13-27-29-22(16-7-3-2-4-8-16)28-20-10-6-5-9-17(20)23(29)30/h5-6,9-14,16H,2-4,7-8H2,1H3,(H,31,32)/t14-/m1/s1. The van der Waals surface area contributed by atoms with E-state index in [0.717, 1.165) is 25.7 Å². The van der Waals surface area contributed by atoms with E-state index < -0.39 is 12.1 Å². The van der Waals surface area contributed by atoms with E-state index in [0.29, 0.717) is 22.3 Å². The molecule has 1 aliphatic carbocycles. The predicted molar refractivity (Wildman–Crippen MR) is 129 cm³/mol. The molecule has 1 aromatic heterocycles. The first-order valence-electron chi connectivity index (χ1n) is 10.8. The lowest BCUT2D eigenvalue weighted by atomic mass is 9.88. The van der Waals surface area contributed by atoms with E-state index in [4.69, 9.17) is 38.0 Å². The number of nitrogens with zero attached hydrogens (tertiary/aromatic N) is 3. The van der Waals surface area contributed by atoms with E-state index in [2.05, 4.69) is 5.10 Å². The monoisotopic (exact) mass is 487 g/mol. The average Bonchev–Trinajstić information content (AvgIpc) is 2.81. The van der Waals surface area contributed by atoms with Crippen LogP contribution in [0.3, 0.4) is 0 Å². The molecular weight excluding hydrogens is 465 g/mol. The minimum atomic E-state index is -1.13. The van der Waals surface area contributed by atoms with Crippen LogP contribution in [0, 0.1) is 0 Å². The first-order valence-corrected chi connectivity index (χ1v) is 11.6. The molecule has 3 aromatic rings. The zero-order chi connectivity index (χ0) is 23.5. The largest absolute Gasteiger partial charge is 0.479 e. The van der Waals surface area contributed by atoms with Crippen LogP contribution in [-0.4, -0.2) is 33.1 Å². The quantitative estimate of drug-likeness (QED) is 0.464. The van der Waals surface area contributed by atoms with Gasteiger partial charge in [0.25, 0.3) is 5.56 Å². The summed E-state index contributed by atoms with van der Waals surface area (Å²) in [5.41, 5.74) is 0.967. The Balaban J connectivity index is 1.74. The lowest BCUT2D eigenvalue weighted by molar-refractivity contribution is -0.144. The van der Waals surface area contributed by atoms with Crippen molar-refractivity contribution >= 4 is 46.3 Å². The Morgan fingerprint density at radius 3 is 2.55 bits per heavy atom. The van der Waals surface area contributed by atoms with E-state index in [1.54, 1.807) is 24.3 Å². The van der Waals surface area contributed by atoms with Crippen molar-refractivity contribution in [3.05, 3.63) is 68.2 Å². The number of para-hydroxylation sites is 1. The number of ether oxygens (including phenoxy) is 1. The van der Waals surface area contributed by atoms with Crippen LogP contribution in [-0.2, 0) is 4.79 Å². The van der Waals surface area contributed by atoms with Crippen LogP contribution in [0.4, 0.5) is 0 Å². The normalized spacial score (nSPS) is 15.7. The molecular formula is C24H23Cl2N3O4. The number of fused-ring (bicyclic) bond motifs is 1. The van der Waals surface area contributed by atoms with Gasteiger partial charge in [0, 0.05) is 5.92 Å². The maximum Gasteiger partial charge on any atom is 0.344 e. The summed E-state index contributed by atoms with van der Waals surface area (Å²) < 4.78 is 6.72. The van der Waals surface area contributed by atoms with Crippen LogP contribution in [0.25, 0.3) is 10.9 Å². The molecule has 4 rings (SSSR count). The Labute approximate surface area is 200 Å². The second kappa shape index (κ2) is 9.93. The van der Waals surface area contributed by atoms with Crippen LogP contribution >= 0.6 is 23.2 Å². The Hall–Kier alpha value is -2.90. The van der Waals surface area contributed by atoms with Gasteiger partial charge in [-0.15, -0.1) is 0 Å². The minimum absolute atomic E-state index is 0.0813. The number of carbonyl (C=O) groups is 1. The molecule has 0 unspecified atom stereocenters. The third kappa shape index (κ3) is 5.04. The molecule has 172 valence electrons. The van der Waals surface area contributed by atoms with Gasteiger partial charge in [-0.25, -0.2) is 9.78 Å². The Morgan fingerprint density at radius 2 is 1.88 bits per heavy atom. The Bertz CT molecular complexity index is 1260. The highest BCUT2D eigenvalue weighted by Crippen LogP contribution is 2.35. The predicted octanol–water partition coefficient (Wildman–Crippen LogP) is 5.49. The molecule has 1 heterocycles. The van der Waals surface area contributed by atoms with Crippen molar-refractivity contribution < 1.29 is 14.6 Å². The Morgan fingerprint density at radius 1 is 1.21 bits per heavy atom. The van der Waals surface area contributed by atoms with Gasteiger partial charge in [-0.05, 0) is 49.6 Å². The van der Waals surface area contributed by atoms with Gasteiger partial charge in [0.05, 0.1) is 27.2 Å². The van der Waals surface area contributed by atoms with Gasteiger partial charge in [-0.3, -0.25) is 4.79 Å². The third-order valence-electron chi connectivity index (χ3n) is 5.73. The highest BCUT2D eigenvalue weighted by molar-refractivity contribution is 6.37. The van der Waals surface area contributed by atoms with Gasteiger partial charge < -0.3 is 9.84 Å². The van der Waals surface area contributed by atoms with Crippen LogP contribution in [0.2, 0.25) is 10.0 Å². The molecule has 0 saturated heterocycles. The molecule has 1 fully saturated rings. The molecule has 33 heavy (non-hydrogen) atoms. The van der Waals surface area contributed by atoms with Crippen molar-refractivity contribution in [3.63, 3.8) is 0 Å². The summed E-state index contributed by atoms with van der Waals surface area (Å²) in [5, 5.41) is 14.3. The van der Waals surface area contributed by atoms with E-state index in [9.17, 15) is 9.59 Å². The molecule has 0 aliphatic heterocycles. The molecule has 1 N–H and O–H groups in total. The maximum absolute atomic E-state index is 13.3. The third-order valence-corrected chi connectivity index (χ3v) is 6.30. The van der Waals surface area contributed by atoms with E-state index in [-0.39, 0.29) is 27.3 Å². The topological polar surface area (TPSA) is 93.8 Å². The lowest BCUT2D eigenvalue weighted by Gasteiger charge is -2.22. The van der Waals surface area contributed by atoms with Gasteiger partial charge >= 0.3 is 5.97 Å².